The van der Waals surface area contributed by atoms with Gasteiger partial charge in [0.2, 0.25) is 0 Å². The van der Waals surface area contributed by atoms with Crippen molar-refractivity contribution in [1.29, 1.82) is 0 Å². The van der Waals surface area contributed by atoms with Crippen LogP contribution < -0.4 is 5.32 Å². The molecule has 0 spiro atoms. The van der Waals surface area contributed by atoms with Gasteiger partial charge in [-0.1, -0.05) is 11.6 Å². The van der Waals surface area contributed by atoms with E-state index in [9.17, 15) is 0 Å². The highest BCUT2D eigenvalue weighted by Crippen LogP contribution is 2.39. The van der Waals surface area contributed by atoms with E-state index in [1.54, 1.807) is 0 Å². The Labute approximate surface area is 123 Å². The summed E-state index contributed by atoms with van der Waals surface area (Å²) in [6.45, 7) is 2.73. The molecule has 20 heavy (non-hydrogen) atoms. The Kier molecular flexibility index (Phi) is 3.61. The largest absolute Gasteiger partial charge is 0.369 e. The fourth-order valence-corrected chi connectivity index (χ4v) is 2.31. The topological polar surface area (TPSA) is 55.6 Å². The molecule has 1 N–H and O–H groups in total. The van der Waals surface area contributed by atoms with Crippen LogP contribution in [-0.2, 0) is 13.5 Å². The Bertz CT molecular complexity index is 618. The molecule has 0 atom stereocenters. The van der Waals surface area contributed by atoms with Gasteiger partial charge in [-0.05, 0) is 19.8 Å². The number of rotatable bonds is 5. The van der Waals surface area contributed by atoms with E-state index >= 15 is 0 Å². The molecule has 0 aliphatic heterocycles. The Morgan fingerprint density at radius 2 is 2.20 bits per heavy atom. The fraction of sp³-hybridized carbons (Fsp3) is 0.500. The van der Waals surface area contributed by atoms with Gasteiger partial charge in [-0.3, -0.25) is 0 Å². The van der Waals surface area contributed by atoms with E-state index in [1.807, 2.05) is 30.9 Å². The summed E-state index contributed by atoms with van der Waals surface area (Å²) >= 11 is 6.19. The molecule has 0 saturated heterocycles. The van der Waals surface area contributed by atoms with Gasteiger partial charge in [0, 0.05) is 43.9 Å². The summed E-state index contributed by atoms with van der Waals surface area (Å²) in [5.74, 6) is 3.28. The first-order valence-electron chi connectivity index (χ1n) is 6.89. The highest BCUT2D eigenvalue weighted by molar-refractivity contribution is 6.30. The van der Waals surface area contributed by atoms with E-state index in [0.717, 1.165) is 36.0 Å². The summed E-state index contributed by atoms with van der Waals surface area (Å²) in [6.07, 6.45) is 6.96. The predicted octanol–water partition coefficient (Wildman–Crippen LogP) is 2.70. The lowest BCUT2D eigenvalue weighted by atomic mass is 10.3. The van der Waals surface area contributed by atoms with Gasteiger partial charge in [0.05, 0.1) is 0 Å². The molecule has 106 valence electrons. The molecule has 6 heteroatoms. The van der Waals surface area contributed by atoms with Gasteiger partial charge in [0.25, 0.3) is 0 Å². The van der Waals surface area contributed by atoms with E-state index in [-0.39, 0.29) is 0 Å². The predicted molar refractivity (Wildman–Crippen MR) is 79.2 cm³/mol. The third-order valence-corrected chi connectivity index (χ3v) is 3.98. The van der Waals surface area contributed by atoms with Crippen molar-refractivity contribution in [2.45, 2.75) is 32.1 Å². The van der Waals surface area contributed by atoms with Crippen LogP contribution in [0.3, 0.4) is 0 Å². The summed E-state index contributed by atoms with van der Waals surface area (Å²) in [5.41, 5.74) is 0.913. The molecule has 0 radical (unpaired) electrons. The first-order valence-corrected chi connectivity index (χ1v) is 7.27. The SMILES string of the molecule is Cc1c(Cl)nc(C2CC2)nc1NCCc1nccn1C. The third kappa shape index (κ3) is 2.77. The average molecular weight is 292 g/mol. The van der Waals surface area contributed by atoms with Crippen LogP contribution in [0.4, 0.5) is 5.82 Å². The summed E-state index contributed by atoms with van der Waals surface area (Å²) in [5, 5.41) is 3.91. The van der Waals surface area contributed by atoms with E-state index < -0.39 is 0 Å². The number of nitrogens with zero attached hydrogens (tertiary/aromatic N) is 4. The molecule has 3 rings (SSSR count). The van der Waals surface area contributed by atoms with E-state index in [2.05, 4.69) is 20.3 Å². The third-order valence-electron chi connectivity index (χ3n) is 3.61. The van der Waals surface area contributed by atoms with E-state index in [1.165, 1.54) is 12.8 Å². The van der Waals surface area contributed by atoms with Crippen LogP contribution in [0.5, 0.6) is 0 Å². The Morgan fingerprint density at radius 1 is 1.40 bits per heavy atom. The number of aromatic nitrogens is 4. The van der Waals surface area contributed by atoms with Crippen molar-refractivity contribution >= 4 is 17.4 Å². The minimum Gasteiger partial charge on any atom is -0.369 e. The lowest BCUT2D eigenvalue weighted by Crippen LogP contribution is -2.12. The monoisotopic (exact) mass is 291 g/mol. The van der Waals surface area contributed by atoms with Crippen LogP contribution in [0.2, 0.25) is 5.15 Å². The second-order valence-corrected chi connectivity index (χ2v) is 5.61. The van der Waals surface area contributed by atoms with Crippen LogP contribution in [0, 0.1) is 6.92 Å². The maximum atomic E-state index is 6.19. The number of hydrogen-bond donors (Lipinski definition) is 1. The quantitative estimate of drug-likeness (QED) is 0.861. The van der Waals surface area contributed by atoms with Crippen molar-refractivity contribution in [1.82, 2.24) is 19.5 Å². The molecule has 1 aliphatic rings. The first kappa shape index (κ1) is 13.4. The lowest BCUT2D eigenvalue weighted by Gasteiger charge is -2.11. The molecule has 1 aliphatic carbocycles. The number of anilines is 1. The Morgan fingerprint density at radius 3 is 2.85 bits per heavy atom. The maximum absolute atomic E-state index is 6.19. The lowest BCUT2D eigenvalue weighted by molar-refractivity contribution is 0.786. The molecule has 0 unspecified atom stereocenters. The van der Waals surface area contributed by atoms with Crippen molar-refractivity contribution in [2.24, 2.45) is 7.05 Å². The van der Waals surface area contributed by atoms with Crippen LogP contribution in [-0.4, -0.2) is 26.1 Å². The second-order valence-electron chi connectivity index (χ2n) is 5.25. The molecular weight excluding hydrogens is 274 g/mol. The van der Waals surface area contributed by atoms with Gasteiger partial charge in [0.1, 0.15) is 22.6 Å². The Balaban J connectivity index is 1.68. The zero-order chi connectivity index (χ0) is 14.1. The minimum atomic E-state index is 0.503. The van der Waals surface area contributed by atoms with Gasteiger partial charge < -0.3 is 9.88 Å². The van der Waals surface area contributed by atoms with E-state index in [4.69, 9.17) is 11.6 Å². The van der Waals surface area contributed by atoms with Gasteiger partial charge >= 0.3 is 0 Å². The molecule has 0 aromatic carbocycles. The van der Waals surface area contributed by atoms with Crippen LogP contribution in [0.15, 0.2) is 12.4 Å². The summed E-state index contributed by atoms with van der Waals surface area (Å²) in [7, 11) is 2.00. The molecule has 0 bridgehead atoms. The average Bonchev–Trinajstić information content (AvgIpc) is 3.19. The highest BCUT2D eigenvalue weighted by atomic mass is 35.5. The second kappa shape index (κ2) is 5.40. The zero-order valence-corrected chi connectivity index (χ0v) is 12.5. The van der Waals surface area contributed by atoms with Crippen molar-refractivity contribution < 1.29 is 0 Å². The fourth-order valence-electron chi connectivity index (χ4n) is 2.13. The van der Waals surface area contributed by atoms with Gasteiger partial charge in [0.15, 0.2) is 0 Å². The number of hydrogen-bond acceptors (Lipinski definition) is 4. The first-order chi connectivity index (χ1) is 9.65. The molecule has 2 heterocycles. The smallest absolute Gasteiger partial charge is 0.137 e. The van der Waals surface area contributed by atoms with Crippen LogP contribution in [0.1, 0.15) is 36.0 Å². The van der Waals surface area contributed by atoms with Gasteiger partial charge in [-0.2, -0.15) is 0 Å². The van der Waals surface area contributed by atoms with Crippen LogP contribution in [0.25, 0.3) is 0 Å². The van der Waals surface area contributed by atoms with Gasteiger partial charge in [-0.15, -0.1) is 0 Å². The zero-order valence-electron chi connectivity index (χ0n) is 11.7. The Hall–Kier alpha value is -1.62. The van der Waals surface area contributed by atoms with Crippen molar-refractivity contribution in [3.8, 4) is 0 Å². The number of halogens is 1. The molecule has 2 aromatic rings. The number of nitrogens with one attached hydrogen (secondary N) is 1. The van der Waals surface area contributed by atoms with Crippen molar-refractivity contribution in [3.05, 3.63) is 34.8 Å². The molecule has 5 nitrogen and oxygen atoms in total. The van der Waals surface area contributed by atoms with Crippen molar-refractivity contribution in [2.75, 3.05) is 11.9 Å². The molecule has 1 fully saturated rings. The van der Waals surface area contributed by atoms with Crippen LogP contribution >= 0.6 is 11.6 Å². The molecular formula is C14H18ClN5. The number of aryl methyl sites for hydroxylation is 1. The normalized spacial score (nSPS) is 14.6. The molecule has 0 amide bonds. The standard InChI is InChI=1S/C14H18ClN5/c1-9-12(15)18-14(10-3-4-10)19-13(9)17-6-5-11-16-7-8-20(11)2/h7-8,10H,3-6H2,1-2H3,(H,17,18,19). The van der Waals surface area contributed by atoms with E-state index in [0.29, 0.717) is 11.1 Å². The summed E-state index contributed by atoms with van der Waals surface area (Å²) in [6, 6.07) is 0. The highest BCUT2D eigenvalue weighted by Gasteiger charge is 2.27. The number of imidazole rings is 1. The molecule has 2 aromatic heterocycles. The summed E-state index contributed by atoms with van der Waals surface area (Å²) < 4.78 is 2.02. The summed E-state index contributed by atoms with van der Waals surface area (Å²) in [4.78, 5) is 13.3. The molecule has 1 saturated carbocycles. The van der Waals surface area contributed by atoms with Gasteiger partial charge in [-0.25, -0.2) is 15.0 Å². The van der Waals surface area contributed by atoms with Crippen molar-refractivity contribution in [3.63, 3.8) is 0 Å². The maximum Gasteiger partial charge on any atom is 0.137 e. The minimum absolute atomic E-state index is 0.503.